The maximum Gasteiger partial charge on any atom is 0.0644 e. The van der Waals surface area contributed by atoms with E-state index in [0.29, 0.717) is 19.8 Å². The summed E-state index contributed by atoms with van der Waals surface area (Å²) < 4.78 is 10.9. The summed E-state index contributed by atoms with van der Waals surface area (Å²) in [6, 6.07) is 0. The van der Waals surface area contributed by atoms with Gasteiger partial charge >= 0.3 is 0 Å². The second-order valence-electron chi connectivity index (χ2n) is 6.20. The number of rotatable bonds is 18. The first kappa shape index (κ1) is 21.7. The smallest absolute Gasteiger partial charge is 0.0644 e. The molecule has 2 radical (unpaired) electrons. The molecule has 0 spiro atoms. The zero-order chi connectivity index (χ0) is 16.3. The quantitative estimate of drug-likeness (QED) is 0.234. The summed E-state index contributed by atoms with van der Waals surface area (Å²) in [5.74, 6) is -0.0207. The maximum atomic E-state index is 5.87. The van der Waals surface area contributed by atoms with E-state index < -0.39 is 0 Å². The van der Waals surface area contributed by atoms with Gasteiger partial charge in [-0.1, -0.05) is 77.2 Å². The first-order valence-corrected chi connectivity index (χ1v) is 9.33. The second kappa shape index (κ2) is 18.7. The van der Waals surface area contributed by atoms with Crippen LogP contribution in [0.2, 0.25) is 0 Å². The molecule has 0 bridgehead atoms. The number of unbranched alkanes of at least 4 members (excludes halogenated alkanes) is 10. The minimum atomic E-state index is -0.0207. The molecule has 0 aliphatic rings. The van der Waals surface area contributed by atoms with E-state index in [0.717, 1.165) is 13.0 Å². The minimum absolute atomic E-state index is 0.0207. The third kappa shape index (κ3) is 17.7. The van der Waals surface area contributed by atoms with Gasteiger partial charge in [-0.05, 0) is 13.3 Å². The molecular formula is C20H38O2. The van der Waals surface area contributed by atoms with Crippen molar-refractivity contribution in [2.45, 2.75) is 77.6 Å². The van der Waals surface area contributed by atoms with Crippen LogP contribution in [0.3, 0.4) is 0 Å². The molecule has 0 aromatic rings. The summed E-state index contributed by atoms with van der Waals surface area (Å²) >= 11 is 0. The summed E-state index contributed by atoms with van der Waals surface area (Å²) in [5.41, 5.74) is 0. The highest BCUT2D eigenvalue weighted by Crippen LogP contribution is 2.11. The largest absolute Gasteiger partial charge is 0.381 e. The van der Waals surface area contributed by atoms with Gasteiger partial charge < -0.3 is 9.47 Å². The van der Waals surface area contributed by atoms with Crippen molar-refractivity contribution in [3.8, 4) is 0 Å². The summed E-state index contributed by atoms with van der Waals surface area (Å²) in [7, 11) is 0. The SMILES string of the molecule is [CH]C(COCC=C)COCCCCCCCCCCCCC. The van der Waals surface area contributed by atoms with Gasteiger partial charge in [0.2, 0.25) is 0 Å². The highest BCUT2D eigenvalue weighted by Gasteiger charge is 2.02. The number of ether oxygens (including phenoxy) is 2. The van der Waals surface area contributed by atoms with Crippen molar-refractivity contribution >= 4 is 0 Å². The molecule has 130 valence electrons. The Morgan fingerprint density at radius 1 is 0.818 bits per heavy atom. The van der Waals surface area contributed by atoms with Crippen LogP contribution in [0, 0.1) is 12.8 Å². The predicted molar refractivity (Wildman–Crippen MR) is 96.1 cm³/mol. The topological polar surface area (TPSA) is 18.5 Å². The minimum Gasteiger partial charge on any atom is -0.381 e. The molecule has 0 fully saturated rings. The fraction of sp³-hybridized carbons (Fsp3) is 0.850. The Hall–Kier alpha value is -0.340. The molecule has 1 unspecified atom stereocenters. The Kier molecular flexibility index (Phi) is 18.4. The Morgan fingerprint density at radius 2 is 1.32 bits per heavy atom. The fourth-order valence-corrected chi connectivity index (χ4v) is 2.45. The van der Waals surface area contributed by atoms with E-state index in [4.69, 9.17) is 16.4 Å². The average molecular weight is 311 g/mol. The highest BCUT2D eigenvalue weighted by atomic mass is 16.5. The Morgan fingerprint density at radius 3 is 1.86 bits per heavy atom. The van der Waals surface area contributed by atoms with Gasteiger partial charge in [0.1, 0.15) is 0 Å². The Balaban J connectivity index is 3.06. The van der Waals surface area contributed by atoms with Crippen molar-refractivity contribution in [3.05, 3.63) is 19.6 Å². The molecule has 0 aliphatic heterocycles. The van der Waals surface area contributed by atoms with Gasteiger partial charge in [0.25, 0.3) is 0 Å². The standard InChI is InChI=1S/C20H38O2/c1-4-6-7-8-9-10-11-12-13-14-15-17-22-19-20(3)18-21-16-5-2/h3,5,20H,2,4,6-19H2,1H3. The molecule has 0 rings (SSSR count). The lowest BCUT2D eigenvalue weighted by molar-refractivity contribution is 0.0624. The van der Waals surface area contributed by atoms with Gasteiger partial charge in [0.05, 0.1) is 19.8 Å². The molecule has 0 aromatic carbocycles. The first-order chi connectivity index (χ1) is 10.8. The van der Waals surface area contributed by atoms with Gasteiger partial charge in [-0.3, -0.25) is 0 Å². The van der Waals surface area contributed by atoms with Crippen molar-refractivity contribution in [1.29, 1.82) is 0 Å². The van der Waals surface area contributed by atoms with Crippen molar-refractivity contribution in [2.75, 3.05) is 26.4 Å². The van der Waals surface area contributed by atoms with Crippen molar-refractivity contribution in [2.24, 2.45) is 5.92 Å². The monoisotopic (exact) mass is 310 g/mol. The van der Waals surface area contributed by atoms with Crippen LogP contribution in [-0.4, -0.2) is 26.4 Å². The molecule has 1 atom stereocenters. The molecule has 2 heteroatoms. The van der Waals surface area contributed by atoms with Crippen molar-refractivity contribution < 1.29 is 9.47 Å². The summed E-state index contributed by atoms with van der Waals surface area (Å²) in [4.78, 5) is 0. The Bertz CT molecular complexity index is 216. The molecule has 22 heavy (non-hydrogen) atoms. The van der Waals surface area contributed by atoms with Crippen molar-refractivity contribution in [1.82, 2.24) is 0 Å². The van der Waals surface area contributed by atoms with Gasteiger partial charge in [0.15, 0.2) is 0 Å². The molecule has 0 heterocycles. The van der Waals surface area contributed by atoms with Crippen LogP contribution in [0.5, 0.6) is 0 Å². The third-order valence-corrected chi connectivity index (χ3v) is 3.79. The van der Waals surface area contributed by atoms with E-state index in [1.165, 1.54) is 64.2 Å². The van der Waals surface area contributed by atoms with E-state index in [9.17, 15) is 0 Å². The fourth-order valence-electron chi connectivity index (χ4n) is 2.45. The van der Waals surface area contributed by atoms with Crippen LogP contribution < -0.4 is 0 Å². The van der Waals surface area contributed by atoms with Crippen LogP contribution >= 0.6 is 0 Å². The first-order valence-electron chi connectivity index (χ1n) is 9.33. The predicted octanol–water partition coefficient (Wildman–Crippen LogP) is 5.84. The average Bonchev–Trinajstić information content (AvgIpc) is 2.52. The van der Waals surface area contributed by atoms with Crippen molar-refractivity contribution in [3.63, 3.8) is 0 Å². The molecule has 0 amide bonds. The normalized spacial score (nSPS) is 12.5. The molecule has 2 nitrogen and oxygen atoms in total. The molecule has 0 aromatic heterocycles. The summed E-state index contributed by atoms with van der Waals surface area (Å²) in [6.45, 7) is 14.3. The Labute approximate surface area is 139 Å². The van der Waals surface area contributed by atoms with E-state index in [1.807, 2.05) is 0 Å². The van der Waals surface area contributed by atoms with Crippen LogP contribution in [0.25, 0.3) is 0 Å². The molecule has 0 aliphatic carbocycles. The zero-order valence-corrected chi connectivity index (χ0v) is 14.9. The molecule has 0 saturated carbocycles. The van der Waals surface area contributed by atoms with Gasteiger partial charge in [-0.2, -0.15) is 0 Å². The van der Waals surface area contributed by atoms with E-state index in [2.05, 4.69) is 13.5 Å². The van der Waals surface area contributed by atoms with Crippen LogP contribution in [0.4, 0.5) is 0 Å². The number of hydrogen-bond donors (Lipinski definition) is 0. The second-order valence-corrected chi connectivity index (χ2v) is 6.20. The van der Waals surface area contributed by atoms with Crippen LogP contribution in [0.1, 0.15) is 77.6 Å². The van der Waals surface area contributed by atoms with E-state index in [-0.39, 0.29) is 5.92 Å². The van der Waals surface area contributed by atoms with Crippen LogP contribution in [0.15, 0.2) is 12.7 Å². The molecule has 0 saturated heterocycles. The number of hydrogen-bond acceptors (Lipinski definition) is 2. The lowest BCUT2D eigenvalue weighted by Crippen LogP contribution is -2.13. The molecular weight excluding hydrogens is 272 g/mol. The van der Waals surface area contributed by atoms with E-state index in [1.54, 1.807) is 6.08 Å². The highest BCUT2D eigenvalue weighted by molar-refractivity contribution is 4.66. The lowest BCUT2D eigenvalue weighted by atomic mass is 10.1. The summed E-state index contributed by atoms with van der Waals surface area (Å²) in [6.07, 6.45) is 16.7. The third-order valence-electron chi connectivity index (χ3n) is 3.79. The maximum absolute atomic E-state index is 5.87. The molecule has 0 N–H and O–H groups in total. The van der Waals surface area contributed by atoms with Gasteiger partial charge in [0, 0.05) is 12.5 Å². The zero-order valence-electron chi connectivity index (χ0n) is 14.9. The van der Waals surface area contributed by atoms with Crippen LogP contribution in [-0.2, 0) is 9.47 Å². The van der Waals surface area contributed by atoms with E-state index >= 15 is 0 Å². The van der Waals surface area contributed by atoms with Gasteiger partial charge in [-0.15, -0.1) is 6.58 Å². The summed E-state index contributed by atoms with van der Waals surface area (Å²) in [5, 5.41) is 0. The van der Waals surface area contributed by atoms with Gasteiger partial charge in [-0.25, -0.2) is 0 Å². The lowest BCUT2D eigenvalue weighted by Gasteiger charge is -2.11.